The predicted octanol–water partition coefficient (Wildman–Crippen LogP) is 3.45. The molecule has 5 heteroatoms. The van der Waals surface area contributed by atoms with Crippen LogP contribution in [0.5, 0.6) is 0 Å². The van der Waals surface area contributed by atoms with Gasteiger partial charge in [0.15, 0.2) is 0 Å². The van der Waals surface area contributed by atoms with E-state index in [1.54, 1.807) is 12.1 Å². The Morgan fingerprint density at radius 1 is 1.30 bits per heavy atom. The molecular weight excluding hydrogens is 275 g/mol. The summed E-state index contributed by atoms with van der Waals surface area (Å²) in [6, 6.07) is 11.5. The molecule has 2 aromatic rings. The van der Waals surface area contributed by atoms with Crippen molar-refractivity contribution in [1.82, 2.24) is 0 Å². The number of hydrogen-bond donors (Lipinski definition) is 2. The number of thioether (sulfide) groups is 1. The molecule has 3 N–H and O–H groups in total. The molecule has 0 radical (unpaired) electrons. The number of aryl methyl sites for hydroxylation is 1. The molecule has 20 heavy (non-hydrogen) atoms. The highest BCUT2D eigenvalue weighted by Gasteiger charge is 2.05. The number of nitrogen functional groups attached to an aromatic ring is 1. The Bertz CT molecular complexity index is 631. The number of carbonyl (C=O) groups is 1. The Morgan fingerprint density at radius 3 is 2.80 bits per heavy atom. The van der Waals surface area contributed by atoms with E-state index in [2.05, 4.69) is 5.32 Å². The summed E-state index contributed by atoms with van der Waals surface area (Å²) in [7, 11) is 0. The number of nitrogens with one attached hydrogen (secondary N) is 1. The molecule has 0 aliphatic heterocycles. The fourth-order valence-electron chi connectivity index (χ4n) is 1.65. The molecule has 2 aromatic carbocycles. The van der Waals surface area contributed by atoms with E-state index in [0.717, 1.165) is 16.1 Å². The van der Waals surface area contributed by atoms with E-state index >= 15 is 0 Å². The van der Waals surface area contributed by atoms with Crippen LogP contribution in [0.1, 0.15) is 5.56 Å². The van der Waals surface area contributed by atoms with Crippen molar-refractivity contribution < 1.29 is 9.18 Å². The minimum absolute atomic E-state index is 0.171. The number of amides is 1. The fraction of sp³-hybridized carbons (Fsp3) is 0.133. The molecule has 0 heterocycles. The number of benzene rings is 2. The lowest BCUT2D eigenvalue weighted by atomic mass is 10.2. The zero-order valence-corrected chi connectivity index (χ0v) is 11.8. The van der Waals surface area contributed by atoms with Crippen molar-refractivity contribution in [2.45, 2.75) is 11.8 Å². The van der Waals surface area contributed by atoms with E-state index in [1.807, 2.05) is 25.1 Å². The van der Waals surface area contributed by atoms with E-state index in [1.165, 1.54) is 23.9 Å². The van der Waals surface area contributed by atoms with Gasteiger partial charge in [-0.15, -0.1) is 11.8 Å². The van der Waals surface area contributed by atoms with Gasteiger partial charge in [-0.1, -0.05) is 6.07 Å². The van der Waals surface area contributed by atoms with Gasteiger partial charge in [0.2, 0.25) is 5.91 Å². The maximum atomic E-state index is 13.0. The number of halogens is 1. The van der Waals surface area contributed by atoms with Gasteiger partial charge >= 0.3 is 0 Å². The summed E-state index contributed by atoms with van der Waals surface area (Å²) in [5, 5.41) is 2.65. The molecule has 0 atom stereocenters. The lowest BCUT2D eigenvalue weighted by molar-refractivity contribution is -0.113. The minimum Gasteiger partial charge on any atom is -0.399 e. The molecule has 0 fully saturated rings. The molecule has 0 saturated carbocycles. The van der Waals surface area contributed by atoms with E-state index in [-0.39, 0.29) is 17.5 Å². The van der Waals surface area contributed by atoms with Crippen LogP contribution in [0.4, 0.5) is 15.8 Å². The Balaban J connectivity index is 1.90. The first-order valence-corrected chi connectivity index (χ1v) is 7.07. The van der Waals surface area contributed by atoms with Gasteiger partial charge < -0.3 is 11.1 Å². The molecule has 0 saturated heterocycles. The highest BCUT2D eigenvalue weighted by Crippen LogP contribution is 2.22. The molecule has 0 aliphatic rings. The topological polar surface area (TPSA) is 55.1 Å². The first kappa shape index (κ1) is 14.4. The summed E-state index contributed by atoms with van der Waals surface area (Å²) in [4.78, 5) is 12.7. The van der Waals surface area contributed by atoms with Gasteiger partial charge in [0.25, 0.3) is 0 Å². The summed E-state index contributed by atoms with van der Waals surface area (Å²) in [5.74, 6) is -0.278. The van der Waals surface area contributed by atoms with Crippen molar-refractivity contribution in [3.63, 3.8) is 0 Å². The van der Waals surface area contributed by atoms with Crippen molar-refractivity contribution in [2.24, 2.45) is 0 Å². The van der Waals surface area contributed by atoms with E-state index in [4.69, 9.17) is 5.73 Å². The third kappa shape index (κ3) is 3.99. The quantitative estimate of drug-likeness (QED) is 0.670. The average molecular weight is 290 g/mol. The largest absolute Gasteiger partial charge is 0.399 e. The van der Waals surface area contributed by atoms with Gasteiger partial charge in [0, 0.05) is 16.3 Å². The van der Waals surface area contributed by atoms with Gasteiger partial charge in [0.05, 0.1) is 5.75 Å². The molecule has 0 aliphatic carbocycles. The standard InChI is InChI=1S/C15H15FN2OS/c1-10-7-13(5-6-14(10)17)20-9-15(19)18-12-4-2-3-11(16)8-12/h2-8H,9,17H2,1H3,(H,18,19). The van der Waals surface area contributed by atoms with Crippen LogP contribution in [0.15, 0.2) is 47.4 Å². The second kappa shape index (κ2) is 6.43. The van der Waals surface area contributed by atoms with Crippen molar-refractivity contribution in [3.8, 4) is 0 Å². The van der Waals surface area contributed by atoms with E-state index < -0.39 is 0 Å². The maximum Gasteiger partial charge on any atom is 0.234 e. The van der Waals surface area contributed by atoms with Crippen LogP contribution in [0.25, 0.3) is 0 Å². The number of hydrogen-bond acceptors (Lipinski definition) is 3. The lowest BCUT2D eigenvalue weighted by Crippen LogP contribution is -2.14. The predicted molar refractivity (Wildman–Crippen MR) is 81.3 cm³/mol. The van der Waals surface area contributed by atoms with Crippen LogP contribution < -0.4 is 11.1 Å². The third-order valence-corrected chi connectivity index (χ3v) is 3.71. The molecule has 3 nitrogen and oxygen atoms in total. The van der Waals surface area contributed by atoms with Gasteiger partial charge in [-0.3, -0.25) is 4.79 Å². The Morgan fingerprint density at radius 2 is 2.10 bits per heavy atom. The fourth-order valence-corrected chi connectivity index (χ4v) is 2.44. The van der Waals surface area contributed by atoms with Gasteiger partial charge in [-0.2, -0.15) is 0 Å². The highest BCUT2D eigenvalue weighted by molar-refractivity contribution is 8.00. The first-order valence-electron chi connectivity index (χ1n) is 6.09. The van der Waals surface area contributed by atoms with Gasteiger partial charge in [0.1, 0.15) is 5.82 Å². The molecular formula is C15H15FN2OS. The van der Waals surface area contributed by atoms with Gasteiger partial charge in [-0.25, -0.2) is 4.39 Å². The molecule has 0 bridgehead atoms. The van der Waals surface area contributed by atoms with Crippen LogP contribution in [-0.4, -0.2) is 11.7 Å². The van der Waals surface area contributed by atoms with Crippen LogP contribution in [-0.2, 0) is 4.79 Å². The van der Waals surface area contributed by atoms with E-state index in [9.17, 15) is 9.18 Å². The average Bonchev–Trinajstić information content (AvgIpc) is 2.40. The molecule has 104 valence electrons. The SMILES string of the molecule is Cc1cc(SCC(=O)Nc2cccc(F)c2)ccc1N. The summed E-state index contributed by atoms with van der Waals surface area (Å²) in [6.07, 6.45) is 0. The first-order chi connectivity index (χ1) is 9.54. The monoisotopic (exact) mass is 290 g/mol. The van der Waals surface area contributed by atoms with Crippen molar-refractivity contribution >= 4 is 29.0 Å². The number of carbonyl (C=O) groups excluding carboxylic acids is 1. The zero-order chi connectivity index (χ0) is 14.5. The number of anilines is 2. The van der Waals surface area contributed by atoms with Crippen LogP contribution in [0.2, 0.25) is 0 Å². The van der Waals surface area contributed by atoms with Gasteiger partial charge in [-0.05, 0) is 48.9 Å². The van der Waals surface area contributed by atoms with Crippen LogP contribution in [0.3, 0.4) is 0 Å². The molecule has 0 spiro atoms. The molecule has 1 amide bonds. The van der Waals surface area contributed by atoms with Crippen LogP contribution in [0, 0.1) is 12.7 Å². The second-order valence-corrected chi connectivity index (χ2v) is 5.41. The lowest BCUT2D eigenvalue weighted by Gasteiger charge is -2.06. The second-order valence-electron chi connectivity index (χ2n) is 4.37. The normalized spacial score (nSPS) is 10.3. The minimum atomic E-state index is -0.371. The van der Waals surface area contributed by atoms with Crippen molar-refractivity contribution in [3.05, 3.63) is 53.8 Å². The molecule has 0 aromatic heterocycles. The summed E-state index contributed by atoms with van der Waals surface area (Å²) < 4.78 is 13.0. The third-order valence-electron chi connectivity index (χ3n) is 2.72. The number of nitrogens with two attached hydrogens (primary N) is 1. The Labute approximate surface area is 121 Å². The Hall–Kier alpha value is -2.01. The zero-order valence-electron chi connectivity index (χ0n) is 11.0. The van der Waals surface area contributed by atoms with Crippen molar-refractivity contribution in [1.29, 1.82) is 0 Å². The van der Waals surface area contributed by atoms with Crippen LogP contribution >= 0.6 is 11.8 Å². The maximum absolute atomic E-state index is 13.0. The summed E-state index contributed by atoms with van der Waals surface area (Å²) >= 11 is 1.41. The Kier molecular flexibility index (Phi) is 4.63. The summed E-state index contributed by atoms with van der Waals surface area (Å²) in [5.41, 5.74) is 7.92. The molecule has 0 unspecified atom stereocenters. The van der Waals surface area contributed by atoms with E-state index in [0.29, 0.717) is 5.69 Å². The smallest absolute Gasteiger partial charge is 0.234 e. The van der Waals surface area contributed by atoms with Crippen molar-refractivity contribution in [2.75, 3.05) is 16.8 Å². The number of rotatable bonds is 4. The highest BCUT2D eigenvalue weighted by atomic mass is 32.2. The molecule has 2 rings (SSSR count). The summed E-state index contributed by atoms with van der Waals surface area (Å²) in [6.45, 7) is 1.92.